The fraction of sp³-hybridized carbons (Fsp3) is 0.864. The summed E-state index contributed by atoms with van der Waals surface area (Å²) in [4.78, 5) is 40.6. The van der Waals surface area contributed by atoms with Crippen molar-refractivity contribution in [2.45, 2.75) is 90.6 Å². The Morgan fingerprint density at radius 2 is 1.73 bits per heavy atom. The van der Waals surface area contributed by atoms with Crippen molar-refractivity contribution in [1.82, 2.24) is 15.1 Å². The molecule has 2 rings (SSSR count). The number of carbonyl (C=O) groups excluding carboxylic acids is 3. The van der Waals surface area contributed by atoms with Gasteiger partial charge in [-0.1, -0.05) is 6.92 Å². The summed E-state index contributed by atoms with van der Waals surface area (Å²) in [7, 11) is 1.83. The van der Waals surface area contributed by atoms with E-state index >= 15 is 0 Å². The first kappa shape index (κ1) is 24.4. The maximum Gasteiger partial charge on any atom is 0.408 e. The molecule has 7 nitrogen and oxygen atoms in total. The first-order chi connectivity index (χ1) is 13.9. The first-order valence-corrected chi connectivity index (χ1v) is 11.0. The second-order valence-electron chi connectivity index (χ2n) is 9.85. The molecule has 30 heavy (non-hydrogen) atoms. The molecule has 0 spiro atoms. The monoisotopic (exact) mass is 427 g/mol. The zero-order valence-electron chi connectivity index (χ0n) is 19.2. The van der Waals surface area contributed by atoms with Crippen LogP contribution in [-0.2, 0) is 14.3 Å². The molecule has 0 aromatic heterocycles. The Labute approximate surface area is 179 Å². The van der Waals surface area contributed by atoms with Crippen molar-refractivity contribution in [3.63, 3.8) is 0 Å². The molecule has 2 aliphatic rings. The topological polar surface area (TPSA) is 79.0 Å². The lowest BCUT2D eigenvalue weighted by molar-refractivity contribution is -0.134. The molecule has 2 fully saturated rings. The van der Waals surface area contributed by atoms with E-state index in [9.17, 15) is 18.8 Å². The van der Waals surface area contributed by atoms with Crippen molar-refractivity contribution in [3.8, 4) is 0 Å². The maximum atomic E-state index is 13.7. The number of halogens is 1. The van der Waals surface area contributed by atoms with Crippen LogP contribution in [0.4, 0.5) is 9.18 Å². The van der Waals surface area contributed by atoms with E-state index in [4.69, 9.17) is 4.74 Å². The van der Waals surface area contributed by atoms with Gasteiger partial charge in [-0.2, -0.15) is 0 Å². The summed E-state index contributed by atoms with van der Waals surface area (Å²) in [6.45, 7) is 9.31. The smallest absolute Gasteiger partial charge is 0.408 e. The molecule has 1 saturated heterocycles. The van der Waals surface area contributed by atoms with Crippen LogP contribution >= 0.6 is 0 Å². The van der Waals surface area contributed by atoms with E-state index in [0.29, 0.717) is 13.0 Å². The highest BCUT2D eigenvalue weighted by Gasteiger charge is 2.39. The number of hydrogen-bond acceptors (Lipinski definition) is 4. The number of rotatable bonds is 5. The van der Waals surface area contributed by atoms with Crippen molar-refractivity contribution in [1.29, 1.82) is 0 Å². The lowest BCUT2D eigenvalue weighted by Crippen LogP contribution is -2.54. The summed E-state index contributed by atoms with van der Waals surface area (Å²) in [5, 5.41) is 2.77. The molecule has 1 heterocycles. The van der Waals surface area contributed by atoms with Crippen LogP contribution in [0.5, 0.6) is 0 Å². The third-order valence-electron chi connectivity index (χ3n) is 6.44. The van der Waals surface area contributed by atoms with E-state index in [1.165, 1.54) is 4.90 Å². The Kier molecular flexibility index (Phi) is 8.11. The SMILES string of the molecule is CC(=O)N(C)C1CCC([C@H](C)[C@H](NC(=O)OC(C)(C)C)C(=O)N2CC[C@H](F)C2)CC1. The molecule has 172 valence electrons. The number of nitrogens with zero attached hydrogens (tertiary/aromatic N) is 2. The lowest BCUT2D eigenvalue weighted by Gasteiger charge is -2.39. The van der Waals surface area contributed by atoms with Crippen LogP contribution in [0.25, 0.3) is 0 Å². The number of ether oxygens (including phenoxy) is 1. The normalized spacial score (nSPS) is 26.6. The number of alkyl carbamates (subject to hydrolysis) is 1. The summed E-state index contributed by atoms with van der Waals surface area (Å²) in [5.41, 5.74) is -0.673. The summed E-state index contributed by atoms with van der Waals surface area (Å²) in [6, 6.07) is -0.540. The van der Waals surface area contributed by atoms with Crippen LogP contribution in [0.2, 0.25) is 0 Å². The molecule has 1 saturated carbocycles. The standard InChI is InChI=1S/C22H38FN3O4/c1-14(16-7-9-18(10-8-16)25(6)15(2)27)19(24-21(29)30-22(3,4)5)20(28)26-12-11-17(23)13-26/h14,16-19H,7-13H2,1-6H3,(H,24,29)/t14-,16?,17-,18?,19-/m0/s1. The van der Waals surface area contributed by atoms with E-state index < -0.39 is 23.9 Å². The first-order valence-electron chi connectivity index (χ1n) is 11.0. The van der Waals surface area contributed by atoms with Gasteiger partial charge < -0.3 is 19.9 Å². The van der Waals surface area contributed by atoms with Gasteiger partial charge in [0.05, 0.1) is 6.54 Å². The van der Waals surface area contributed by atoms with Gasteiger partial charge in [-0.3, -0.25) is 9.59 Å². The Bertz CT molecular complexity index is 628. The van der Waals surface area contributed by atoms with Crippen LogP contribution in [-0.4, -0.2) is 71.7 Å². The van der Waals surface area contributed by atoms with Gasteiger partial charge in [-0.25, -0.2) is 9.18 Å². The summed E-state index contributed by atoms with van der Waals surface area (Å²) in [5.74, 6) is -0.0704. The van der Waals surface area contributed by atoms with Gasteiger partial charge in [-0.05, 0) is 64.7 Å². The molecular formula is C22H38FN3O4. The van der Waals surface area contributed by atoms with Crippen LogP contribution < -0.4 is 5.32 Å². The molecule has 1 aliphatic carbocycles. The van der Waals surface area contributed by atoms with Crippen molar-refractivity contribution in [2.24, 2.45) is 11.8 Å². The van der Waals surface area contributed by atoms with Crippen LogP contribution in [0.1, 0.15) is 66.7 Å². The van der Waals surface area contributed by atoms with Gasteiger partial charge >= 0.3 is 6.09 Å². The second kappa shape index (κ2) is 9.96. The Hall–Kier alpha value is -1.86. The zero-order valence-corrected chi connectivity index (χ0v) is 19.2. The quantitative estimate of drug-likeness (QED) is 0.731. The van der Waals surface area contributed by atoms with Gasteiger partial charge in [0.15, 0.2) is 0 Å². The van der Waals surface area contributed by atoms with Gasteiger partial charge in [0, 0.05) is 26.6 Å². The van der Waals surface area contributed by atoms with Gasteiger partial charge in [0.2, 0.25) is 11.8 Å². The Morgan fingerprint density at radius 3 is 2.20 bits per heavy atom. The molecule has 0 radical (unpaired) electrons. The van der Waals surface area contributed by atoms with E-state index in [2.05, 4.69) is 5.32 Å². The lowest BCUT2D eigenvalue weighted by atomic mass is 9.75. The molecule has 0 aromatic rings. The number of amides is 3. The molecule has 3 atom stereocenters. The largest absolute Gasteiger partial charge is 0.444 e. The maximum absolute atomic E-state index is 13.7. The van der Waals surface area contributed by atoms with Crippen molar-refractivity contribution in [3.05, 3.63) is 0 Å². The number of likely N-dealkylation sites (tertiary alicyclic amines) is 1. The van der Waals surface area contributed by atoms with E-state index in [1.54, 1.807) is 32.6 Å². The third kappa shape index (κ3) is 6.57. The Morgan fingerprint density at radius 1 is 1.13 bits per heavy atom. The van der Waals surface area contributed by atoms with Crippen LogP contribution in [0.15, 0.2) is 0 Å². The highest BCUT2D eigenvalue weighted by molar-refractivity contribution is 5.86. The second-order valence-corrected chi connectivity index (χ2v) is 9.85. The Balaban J connectivity index is 2.08. The van der Waals surface area contributed by atoms with E-state index in [-0.39, 0.29) is 36.2 Å². The van der Waals surface area contributed by atoms with Gasteiger partial charge in [0.25, 0.3) is 0 Å². The van der Waals surface area contributed by atoms with Crippen molar-refractivity contribution >= 4 is 17.9 Å². The fourth-order valence-electron chi connectivity index (χ4n) is 4.51. The molecule has 8 heteroatoms. The van der Waals surface area contributed by atoms with Crippen LogP contribution in [0.3, 0.4) is 0 Å². The molecular weight excluding hydrogens is 389 g/mol. The van der Waals surface area contributed by atoms with Crippen molar-refractivity contribution in [2.75, 3.05) is 20.1 Å². The summed E-state index contributed by atoms with van der Waals surface area (Å²) < 4.78 is 19.1. The number of hydrogen-bond donors (Lipinski definition) is 1. The molecule has 1 aliphatic heterocycles. The van der Waals surface area contributed by atoms with Crippen molar-refractivity contribution < 1.29 is 23.5 Å². The predicted molar refractivity (Wildman–Crippen MR) is 113 cm³/mol. The average molecular weight is 428 g/mol. The number of nitrogens with one attached hydrogen (secondary N) is 1. The minimum Gasteiger partial charge on any atom is -0.444 e. The summed E-state index contributed by atoms with van der Waals surface area (Å²) >= 11 is 0. The molecule has 3 amide bonds. The number of carbonyl (C=O) groups is 3. The molecule has 1 N–H and O–H groups in total. The van der Waals surface area contributed by atoms with E-state index in [1.807, 2.05) is 14.0 Å². The molecule has 0 unspecified atom stereocenters. The number of alkyl halides is 1. The van der Waals surface area contributed by atoms with Gasteiger partial charge in [-0.15, -0.1) is 0 Å². The highest BCUT2D eigenvalue weighted by atomic mass is 19.1. The highest BCUT2D eigenvalue weighted by Crippen LogP contribution is 2.34. The van der Waals surface area contributed by atoms with Gasteiger partial charge in [0.1, 0.15) is 17.8 Å². The predicted octanol–water partition coefficient (Wildman–Crippen LogP) is 3.12. The molecule has 0 aromatic carbocycles. The molecule has 0 bridgehead atoms. The minimum atomic E-state index is -1.01. The third-order valence-corrected chi connectivity index (χ3v) is 6.44. The minimum absolute atomic E-state index is 0.0564. The average Bonchev–Trinajstić information content (AvgIpc) is 3.09. The summed E-state index contributed by atoms with van der Waals surface area (Å²) in [6.07, 6.45) is 2.17. The van der Waals surface area contributed by atoms with E-state index in [0.717, 1.165) is 25.7 Å². The fourth-order valence-corrected chi connectivity index (χ4v) is 4.51. The van der Waals surface area contributed by atoms with Crippen LogP contribution in [0, 0.1) is 11.8 Å². The zero-order chi connectivity index (χ0) is 22.6.